The lowest BCUT2D eigenvalue weighted by Crippen LogP contribution is -2.62. The quantitative estimate of drug-likeness (QED) is 0.828. The highest BCUT2D eigenvalue weighted by atomic mass is 16.6. The van der Waals surface area contributed by atoms with E-state index in [0.29, 0.717) is 29.2 Å². The van der Waals surface area contributed by atoms with E-state index in [1.807, 2.05) is 0 Å². The van der Waals surface area contributed by atoms with Crippen LogP contribution < -0.4 is 15.4 Å². The van der Waals surface area contributed by atoms with Crippen LogP contribution in [0.4, 0.5) is 5.88 Å². The van der Waals surface area contributed by atoms with Crippen LogP contribution in [-0.2, 0) is 4.79 Å². The first-order valence-corrected chi connectivity index (χ1v) is 9.70. The number of furan rings is 1. The Morgan fingerprint density at radius 2 is 1.82 bits per heavy atom. The van der Waals surface area contributed by atoms with Gasteiger partial charge in [0.2, 0.25) is 11.8 Å². The third-order valence-corrected chi connectivity index (χ3v) is 5.69. The normalized spacial score (nSPS) is 25.9. The van der Waals surface area contributed by atoms with Gasteiger partial charge in [-0.1, -0.05) is 0 Å². The van der Waals surface area contributed by atoms with Gasteiger partial charge in [-0.25, -0.2) is 0 Å². The van der Waals surface area contributed by atoms with E-state index in [4.69, 9.17) is 9.15 Å². The molecule has 0 unspecified atom stereocenters. The largest absolute Gasteiger partial charge is 0.426 e. The van der Waals surface area contributed by atoms with Crippen molar-refractivity contribution in [2.75, 3.05) is 18.4 Å². The summed E-state index contributed by atoms with van der Waals surface area (Å²) in [6.45, 7) is 5.89. The molecule has 148 valence electrons. The highest BCUT2D eigenvalue weighted by Crippen LogP contribution is 2.32. The molecule has 3 aliphatic rings. The molecule has 2 N–H and O–H groups in total. The lowest BCUT2D eigenvalue weighted by Gasteiger charge is -2.49. The zero-order valence-electron chi connectivity index (χ0n) is 16.1. The number of nitrogens with zero attached hydrogens (tertiary/aromatic N) is 1. The van der Waals surface area contributed by atoms with Crippen molar-refractivity contribution in [3.05, 3.63) is 42.0 Å². The standard InChI is InChI=1S/C21H25N3O4/c1-13-20(15-9-11-24(13)12-10-15)23-21(26)16-3-5-17(6-4-16)27-19-8-7-18(28-19)22-14(2)25/h3-8,13,15,20H,9-12H2,1-2H3,(H,22,25)(H,23,26)/t13-,20-/m0/s1. The first-order valence-electron chi connectivity index (χ1n) is 9.70. The van der Waals surface area contributed by atoms with Crippen LogP contribution in [0, 0.1) is 5.92 Å². The predicted molar refractivity (Wildman–Crippen MR) is 105 cm³/mol. The zero-order valence-corrected chi connectivity index (χ0v) is 16.1. The second kappa shape index (κ2) is 7.67. The van der Waals surface area contributed by atoms with Crippen molar-refractivity contribution in [3.63, 3.8) is 0 Å². The molecular weight excluding hydrogens is 358 g/mol. The number of nitrogens with one attached hydrogen (secondary N) is 2. The van der Waals surface area contributed by atoms with Gasteiger partial charge in [-0.2, -0.15) is 0 Å². The maximum Gasteiger partial charge on any atom is 0.291 e. The van der Waals surface area contributed by atoms with Crippen molar-refractivity contribution in [2.45, 2.75) is 38.8 Å². The van der Waals surface area contributed by atoms with Gasteiger partial charge in [0, 0.05) is 36.7 Å². The van der Waals surface area contributed by atoms with Crippen LogP contribution in [0.15, 0.2) is 40.8 Å². The maximum atomic E-state index is 12.7. The van der Waals surface area contributed by atoms with Crippen molar-refractivity contribution in [3.8, 4) is 11.7 Å². The van der Waals surface area contributed by atoms with Gasteiger partial charge in [-0.3, -0.25) is 19.8 Å². The van der Waals surface area contributed by atoms with E-state index in [9.17, 15) is 9.59 Å². The van der Waals surface area contributed by atoms with Crippen LogP contribution >= 0.6 is 0 Å². The Balaban J connectivity index is 1.37. The highest BCUT2D eigenvalue weighted by molar-refractivity contribution is 5.94. The molecule has 3 aliphatic heterocycles. The number of carbonyl (C=O) groups excluding carboxylic acids is 2. The average molecular weight is 383 g/mol. The topological polar surface area (TPSA) is 83.8 Å². The smallest absolute Gasteiger partial charge is 0.291 e. The van der Waals surface area contributed by atoms with Gasteiger partial charge >= 0.3 is 0 Å². The summed E-state index contributed by atoms with van der Waals surface area (Å²) in [7, 11) is 0. The number of anilines is 1. The number of fused-ring (bicyclic) bond motifs is 3. The van der Waals surface area contributed by atoms with Crippen LogP contribution in [0.1, 0.15) is 37.0 Å². The van der Waals surface area contributed by atoms with Gasteiger partial charge in [0.1, 0.15) is 5.75 Å². The molecule has 3 fully saturated rings. The molecule has 5 rings (SSSR count). The van der Waals surface area contributed by atoms with Gasteiger partial charge < -0.3 is 14.5 Å². The van der Waals surface area contributed by atoms with Crippen LogP contribution in [0.5, 0.6) is 11.7 Å². The molecule has 0 aliphatic carbocycles. The fourth-order valence-electron chi connectivity index (χ4n) is 4.19. The predicted octanol–water partition coefficient (Wildman–Crippen LogP) is 3.24. The van der Waals surface area contributed by atoms with E-state index in [0.717, 1.165) is 25.9 Å². The minimum atomic E-state index is -0.214. The van der Waals surface area contributed by atoms with Crippen LogP contribution in [0.25, 0.3) is 0 Å². The number of piperidine rings is 3. The third kappa shape index (κ3) is 3.89. The second-order valence-electron chi connectivity index (χ2n) is 7.54. The number of amides is 2. The summed E-state index contributed by atoms with van der Waals surface area (Å²) in [6, 6.07) is 10.8. The Bertz CT molecular complexity index is 851. The van der Waals surface area contributed by atoms with Crippen LogP contribution in [0.2, 0.25) is 0 Å². The van der Waals surface area contributed by atoms with E-state index >= 15 is 0 Å². The first kappa shape index (κ1) is 18.6. The zero-order chi connectivity index (χ0) is 19.7. The SMILES string of the molecule is CC(=O)Nc1ccc(Oc2ccc(C(=O)N[C@@H]3C4CCN(CC4)[C@H]3C)cc2)o1. The Morgan fingerprint density at radius 1 is 1.11 bits per heavy atom. The molecule has 7 nitrogen and oxygen atoms in total. The third-order valence-electron chi connectivity index (χ3n) is 5.69. The summed E-state index contributed by atoms with van der Waals surface area (Å²) in [5.41, 5.74) is 0.606. The van der Waals surface area contributed by atoms with E-state index in [1.54, 1.807) is 36.4 Å². The number of rotatable bonds is 5. The number of hydrogen-bond donors (Lipinski definition) is 2. The van der Waals surface area contributed by atoms with Crippen molar-refractivity contribution in [1.82, 2.24) is 10.2 Å². The van der Waals surface area contributed by atoms with E-state index < -0.39 is 0 Å². The van der Waals surface area contributed by atoms with Gasteiger partial charge in [-0.05, 0) is 63.0 Å². The fourth-order valence-corrected chi connectivity index (χ4v) is 4.19. The van der Waals surface area contributed by atoms with Gasteiger partial charge in [-0.15, -0.1) is 0 Å². The van der Waals surface area contributed by atoms with Gasteiger partial charge in [0.15, 0.2) is 0 Å². The number of ether oxygens (including phenoxy) is 1. The molecule has 28 heavy (non-hydrogen) atoms. The summed E-state index contributed by atoms with van der Waals surface area (Å²) in [5.74, 6) is 1.45. The molecule has 2 aromatic rings. The molecule has 4 heterocycles. The van der Waals surface area contributed by atoms with Gasteiger partial charge in [0.25, 0.3) is 11.9 Å². The molecule has 0 saturated carbocycles. The van der Waals surface area contributed by atoms with E-state index in [1.165, 1.54) is 6.92 Å². The number of hydrogen-bond acceptors (Lipinski definition) is 5. The molecule has 3 saturated heterocycles. The maximum absolute atomic E-state index is 12.7. The second-order valence-corrected chi connectivity index (χ2v) is 7.54. The number of carbonyl (C=O) groups is 2. The summed E-state index contributed by atoms with van der Waals surface area (Å²) >= 11 is 0. The lowest BCUT2D eigenvalue weighted by molar-refractivity contribution is -0.114. The summed E-state index contributed by atoms with van der Waals surface area (Å²) in [6.07, 6.45) is 2.32. The highest BCUT2D eigenvalue weighted by Gasteiger charge is 2.40. The summed E-state index contributed by atoms with van der Waals surface area (Å²) < 4.78 is 11.0. The molecule has 7 heteroatoms. The minimum absolute atomic E-state index is 0.0527. The molecule has 2 atom stereocenters. The molecule has 2 amide bonds. The van der Waals surface area contributed by atoms with Crippen molar-refractivity contribution < 1.29 is 18.7 Å². The molecule has 0 spiro atoms. The Kier molecular flexibility index (Phi) is 5.09. The Labute approximate surface area is 164 Å². The first-order chi connectivity index (χ1) is 13.5. The van der Waals surface area contributed by atoms with Gasteiger partial charge in [0.05, 0.1) is 0 Å². The molecule has 0 radical (unpaired) electrons. The molecule has 1 aromatic heterocycles. The fraction of sp³-hybridized carbons (Fsp3) is 0.429. The Hall–Kier alpha value is -2.80. The number of benzene rings is 1. The average Bonchev–Trinajstić information content (AvgIpc) is 3.11. The lowest BCUT2D eigenvalue weighted by atomic mass is 9.79. The molecule has 1 aromatic carbocycles. The minimum Gasteiger partial charge on any atom is -0.426 e. The van der Waals surface area contributed by atoms with Crippen LogP contribution in [-0.4, -0.2) is 41.9 Å². The summed E-state index contributed by atoms with van der Waals surface area (Å²) in [5, 5.41) is 5.77. The van der Waals surface area contributed by atoms with Crippen molar-refractivity contribution in [1.29, 1.82) is 0 Å². The molecular formula is C21H25N3O4. The van der Waals surface area contributed by atoms with Crippen molar-refractivity contribution >= 4 is 17.7 Å². The summed E-state index contributed by atoms with van der Waals surface area (Å²) in [4.78, 5) is 26.2. The molecule has 2 bridgehead atoms. The van der Waals surface area contributed by atoms with Crippen LogP contribution in [0.3, 0.4) is 0 Å². The van der Waals surface area contributed by atoms with E-state index in [-0.39, 0.29) is 23.8 Å². The van der Waals surface area contributed by atoms with E-state index in [2.05, 4.69) is 22.5 Å². The van der Waals surface area contributed by atoms with Crippen molar-refractivity contribution in [2.24, 2.45) is 5.92 Å². The monoisotopic (exact) mass is 383 g/mol. The Morgan fingerprint density at radius 3 is 2.46 bits per heavy atom.